The Balaban J connectivity index is 1.28. The van der Waals surface area contributed by atoms with Gasteiger partial charge in [-0.15, -0.1) is 0 Å². The van der Waals surface area contributed by atoms with Gasteiger partial charge in [-0.1, -0.05) is 49.4 Å². The van der Waals surface area contributed by atoms with Crippen LogP contribution in [0.25, 0.3) is 11.1 Å². The summed E-state index contributed by atoms with van der Waals surface area (Å²) in [6.07, 6.45) is 1.77. The summed E-state index contributed by atoms with van der Waals surface area (Å²) in [7, 11) is -3.60. The van der Waals surface area contributed by atoms with Crippen LogP contribution in [0.2, 0.25) is 0 Å². The number of likely N-dealkylation sites (tertiary alicyclic amines) is 1. The van der Waals surface area contributed by atoms with E-state index in [1.54, 1.807) is 29.4 Å². The first-order chi connectivity index (χ1) is 19.0. The fourth-order valence-corrected chi connectivity index (χ4v) is 7.44. The van der Waals surface area contributed by atoms with Crippen molar-refractivity contribution in [3.8, 4) is 11.1 Å². The van der Waals surface area contributed by atoms with Crippen LogP contribution in [0.1, 0.15) is 61.8 Å². The van der Waals surface area contributed by atoms with E-state index < -0.39 is 10.0 Å². The molecule has 1 aliphatic rings. The fourth-order valence-electron chi connectivity index (χ4n) is 5.75. The highest BCUT2D eigenvalue weighted by molar-refractivity contribution is 7.89. The molecule has 0 spiro atoms. The van der Waals surface area contributed by atoms with Gasteiger partial charge in [-0.25, -0.2) is 8.42 Å². The third kappa shape index (κ3) is 6.48. The van der Waals surface area contributed by atoms with Crippen LogP contribution < -0.4 is 5.32 Å². The maximum atomic E-state index is 13.3. The van der Waals surface area contributed by atoms with Crippen LogP contribution in [0, 0.1) is 20.8 Å². The van der Waals surface area contributed by atoms with Gasteiger partial charge >= 0.3 is 0 Å². The standard InChI is InChI=1S/C33H43N3O3S/c1-7-36(40(38,39)33-18-17-30(21-24(33)3)34-27(6)37)20-9-8-19-35-22-32(26(35)5)29-15-13-28(14-16-29)31-12-10-11-23(2)25(31)4/h10-18,21,26,32H,7-9,19-20,22H2,1-6H3,(H,34,37). The quantitative estimate of drug-likeness (QED) is 0.271. The third-order valence-corrected chi connectivity index (χ3v) is 10.5. The van der Waals surface area contributed by atoms with Crippen molar-refractivity contribution >= 4 is 21.6 Å². The summed E-state index contributed by atoms with van der Waals surface area (Å²) in [4.78, 5) is 14.1. The van der Waals surface area contributed by atoms with E-state index in [9.17, 15) is 13.2 Å². The van der Waals surface area contributed by atoms with Crippen molar-refractivity contribution < 1.29 is 13.2 Å². The van der Waals surface area contributed by atoms with Crippen molar-refractivity contribution in [3.05, 3.63) is 82.9 Å². The second kappa shape index (κ2) is 12.7. The monoisotopic (exact) mass is 561 g/mol. The number of aryl methyl sites for hydroxylation is 2. The topological polar surface area (TPSA) is 69.7 Å². The number of benzene rings is 3. The van der Waals surface area contributed by atoms with E-state index in [1.165, 1.54) is 34.7 Å². The Morgan fingerprint density at radius 2 is 1.73 bits per heavy atom. The van der Waals surface area contributed by atoms with Crippen LogP contribution >= 0.6 is 0 Å². The molecule has 7 heteroatoms. The number of hydrogen-bond donors (Lipinski definition) is 1. The van der Waals surface area contributed by atoms with Gasteiger partial charge in [0.25, 0.3) is 0 Å². The van der Waals surface area contributed by atoms with Crippen molar-refractivity contribution in [1.82, 2.24) is 9.21 Å². The van der Waals surface area contributed by atoms with Crippen LogP contribution in [0.5, 0.6) is 0 Å². The second-order valence-electron chi connectivity index (χ2n) is 11.1. The predicted molar refractivity (Wildman–Crippen MR) is 164 cm³/mol. The Bertz CT molecular complexity index is 1450. The summed E-state index contributed by atoms with van der Waals surface area (Å²) in [6, 6.07) is 21.0. The molecule has 0 bridgehead atoms. The van der Waals surface area contributed by atoms with Gasteiger partial charge in [0.15, 0.2) is 0 Å². The number of carbonyl (C=O) groups is 1. The molecule has 1 N–H and O–H groups in total. The molecule has 3 aromatic carbocycles. The molecule has 1 amide bonds. The summed E-state index contributed by atoms with van der Waals surface area (Å²) in [5.41, 5.74) is 7.84. The average molecular weight is 562 g/mol. The lowest BCUT2D eigenvalue weighted by Gasteiger charge is -2.47. The molecule has 0 aromatic heterocycles. The summed E-state index contributed by atoms with van der Waals surface area (Å²) >= 11 is 0. The Morgan fingerprint density at radius 1 is 1.00 bits per heavy atom. The van der Waals surface area contributed by atoms with Crippen molar-refractivity contribution in [2.45, 2.75) is 71.2 Å². The second-order valence-corrected chi connectivity index (χ2v) is 13.0. The molecule has 0 radical (unpaired) electrons. The lowest BCUT2D eigenvalue weighted by atomic mass is 9.82. The number of nitrogens with zero attached hydrogens (tertiary/aromatic N) is 2. The number of hydrogen-bond acceptors (Lipinski definition) is 4. The molecule has 6 nitrogen and oxygen atoms in total. The number of anilines is 1. The minimum Gasteiger partial charge on any atom is -0.326 e. The van der Waals surface area contributed by atoms with E-state index >= 15 is 0 Å². The molecule has 3 aromatic rings. The van der Waals surface area contributed by atoms with E-state index in [4.69, 9.17) is 0 Å². The van der Waals surface area contributed by atoms with E-state index in [1.807, 2.05) is 6.92 Å². The highest BCUT2D eigenvalue weighted by atomic mass is 32.2. The zero-order valence-corrected chi connectivity index (χ0v) is 25.5. The molecule has 1 saturated heterocycles. The fraction of sp³-hybridized carbons (Fsp3) is 0.424. The normalized spacial score (nSPS) is 17.6. The highest BCUT2D eigenvalue weighted by Gasteiger charge is 2.35. The molecule has 4 rings (SSSR count). The molecule has 1 aliphatic heterocycles. The summed E-state index contributed by atoms with van der Waals surface area (Å²) < 4.78 is 28.2. The molecule has 1 heterocycles. The van der Waals surface area contributed by atoms with Gasteiger partial charge < -0.3 is 5.32 Å². The molecule has 1 fully saturated rings. The minimum atomic E-state index is -3.60. The maximum Gasteiger partial charge on any atom is 0.243 e. The largest absolute Gasteiger partial charge is 0.326 e. The first kappa shape index (κ1) is 30.0. The SMILES string of the molecule is CCN(CCCCN1CC(c2ccc(-c3cccc(C)c3C)cc2)C1C)S(=O)(=O)c1ccc(NC(C)=O)cc1C. The molecular weight excluding hydrogens is 518 g/mol. The van der Waals surface area contributed by atoms with E-state index in [2.05, 4.69) is 73.5 Å². The van der Waals surface area contributed by atoms with Gasteiger partial charge in [0, 0.05) is 44.2 Å². The minimum absolute atomic E-state index is 0.181. The van der Waals surface area contributed by atoms with Crippen LogP contribution in [-0.4, -0.2) is 55.8 Å². The summed E-state index contributed by atoms with van der Waals surface area (Å²) in [5.74, 6) is 0.350. The van der Waals surface area contributed by atoms with Gasteiger partial charge in [0.05, 0.1) is 4.90 Å². The summed E-state index contributed by atoms with van der Waals surface area (Å²) in [6.45, 7) is 14.7. The van der Waals surface area contributed by atoms with Gasteiger partial charge in [0.1, 0.15) is 0 Å². The maximum absolute atomic E-state index is 13.3. The zero-order chi connectivity index (χ0) is 29.0. The summed E-state index contributed by atoms with van der Waals surface area (Å²) in [5, 5.41) is 2.71. The molecule has 2 atom stereocenters. The van der Waals surface area contributed by atoms with Crippen molar-refractivity contribution in [2.75, 3.05) is 31.5 Å². The first-order valence-corrected chi connectivity index (χ1v) is 15.8. The van der Waals surface area contributed by atoms with Crippen LogP contribution in [0.15, 0.2) is 65.6 Å². The smallest absolute Gasteiger partial charge is 0.243 e. The number of sulfonamides is 1. The van der Waals surface area contributed by atoms with E-state index in [-0.39, 0.29) is 5.91 Å². The van der Waals surface area contributed by atoms with E-state index in [0.717, 1.165) is 25.9 Å². The average Bonchev–Trinajstić information content (AvgIpc) is 2.91. The lowest BCUT2D eigenvalue weighted by molar-refractivity contribution is -0.114. The van der Waals surface area contributed by atoms with Gasteiger partial charge in [-0.3, -0.25) is 9.69 Å². The molecular formula is C33H43N3O3S. The van der Waals surface area contributed by atoms with Gasteiger partial charge in [-0.05, 0) is 98.7 Å². The van der Waals surface area contributed by atoms with Gasteiger partial charge in [-0.2, -0.15) is 4.31 Å². The highest BCUT2D eigenvalue weighted by Crippen LogP contribution is 2.35. The van der Waals surface area contributed by atoms with Crippen LogP contribution in [0.4, 0.5) is 5.69 Å². The number of nitrogens with one attached hydrogen (secondary N) is 1. The molecule has 214 valence electrons. The zero-order valence-electron chi connectivity index (χ0n) is 24.7. The van der Waals surface area contributed by atoms with Crippen molar-refractivity contribution in [2.24, 2.45) is 0 Å². The third-order valence-electron chi connectivity index (χ3n) is 8.41. The predicted octanol–water partition coefficient (Wildman–Crippen LogP) is 6.52. The lowest BCUT2D eigenvalue weighted by Crippen LogP contribution is -2.53. The van der Waals surface area contributed by atoms with Crippen LogP contribution in [-0.2, 0) is 14.8 Å². The van der Waals surface area contributed by atoms with E-state index in [0.29, 0.717) is 41.2 Å². The Morgan fingerprint density at radius 3 is 2.35 bits per heavy atom. The molecule has 0 aliphatic carbocycles. The van der Waals surface area contributed by atoms with Gasteiger partial charge in [0.2, 0.25) is 15.9 Å². The number of amides is 1. The Kier molecular flexibility index (Phi) is 9.49. The Labute approximate surface area is 240 Å². The number of rotatable bonds is 11. The molecule has 0 saturated carbocycles. The van der Waals surface area contributed by atoms with Crippen molar-refractivity contribution in [1.29, 1.82) is 0 Å². The van der Waals surface area contributed by atoms with Crippen molar-refractivity contribution in [3.63, 3.8) is 0 Å². The molecule has 2 unspecified atom stereocenters. The first-order valence-electron chi connectivity index (χ1n) is 14.3. The number of unbranched alkanes of at least 4 members (excludes halogenated alkanes) is 1. The number of carbonyl (C=O) groups excluding carboxylic acids is 1. The molecule has 40 heavy (non-hydrogen) atoms. The van der Waals surface area contributed by atoms with Crippen LogP contribution in [0.3, 0.4) is 0 Å². The Hall–Kier alpha value is -3.00.